The van der Waals surface area contributed by atoms with Gasteiger partial charge in [-0.25, -0.2) is 4.98 Å². The molecule has 1 aromatic heterocycles. The van der Waals surface area contributed by atoms with E-state index in [1.165, 1.54) is 5.56 Å². The van der Waals surface area contributed by atoms with E-state index in [1.807, 2.05) is 22.9 Å². The Kier molecular flexibility index (Phi) is 3.05. The Balaban J connectivity index is 2.01. The van der Waals surface area contributed by atoms with Crippen LogP contribution in [0.4, 0.5) is 0 Å². The van der Waals surface area contributed by atoms with Crippen LogP contribution in [0, 0.1) is 6.92 Å². The third-order valence-corrected chi connectivity index (χ3v) is 3.37. The van der Waals surface area contributed by atoms with E-state index in [9.17, 15) is 5.11 Å². The number of benzene rings is 2. The van der Waals surface area contributed by atoms with Crippen LogP contribution in [0.3, 0.4) is 0 Å². The molecule has 3 nitrogen and oxygen atoms in total. The van der Waals surface area contributed by atoms with E-state index >= 15 is 0 Å². The second-order valence-electron chi connectivity index (χ2n) is 4.85. The van der Waals surface area contributed by atoms with Crippen molar-refractivity contribution in [2.45, 2.75) is 19.6 Å². The zero-order valence-corrected chi connectivity index (χ0v) is 10.8. The predicted molar refractivity (Wildman–Crippen MR) is 75.9 cm³/mol. The van der Waals surface area contributed by atoms with Crippen LogP contribution in [-0.4, -0.2) is 14.7 Å². The fourth-order valence-electron chi connectivity index (χ4n) is 2.39. The average Bonchev–Trinajstić information content (AvgIpc) is 2.90. The van der Waals surface area contributed by atoms with Crippen LogP contribution in [-0.2, 0) is 6.54 Å². The number of fused-ring (bicyclic) bond motifs is 1. The van der Waals surface area contributed by atoms with Gasteiger partial charge in [0, 0.05) is 12.4 Å². The first-order valence-corrected chi connectivity index (χ1v) is 6.37. The molecule has 3 aromatic rings. The van der Waals surface area contributed by atoms with Crippen LogP contribution in [0.2, 0.25) is 0 Å². The van der Waals surface area contributed by atoms with Crippen molar-refractivity contribution in [1.29, 1.82) is 0 Å². The van der Waals surface area contributed by atoms with Gasteiger partial charge in [0.2, 0.25) is 0 Å². The van der Waals surface area contributed by atoms with Gasteiger partial charge in [0.25, 0.3) is 0 Å². The lowest BCUT2D eigenvalue weighted by molar-refractivity contribution is 0.158. The van der Waals surface area contributed by atoms with Gasteiger partial charge < -0.3 is 9.67 Å². The summed E-state index contributed by atoms with van der Waals surface area (Å²) in [5.74, 6) is 0. The molecule has 0 amide bonds. The lowest BCUT2D eigenvalue weighted by atomic mass is 9.99. The van der Waals surface area contributed by atoms with Crippen molar-refractivity contribution in [1.82, 2.24) is 9.55 Å². The number of aliphatic hydroxyl groups excluding tert-OH is 1. The maximum Gasteiger partial charge on any atom is 0.0975 e. The molecule has 1 atom stereocenters. The van der Waals surface area contributed by atoms with Crippen LogP contribution in [0.15, 0.2) is 55.1 Å². The monoisotopic (exact) mass is 252 g/mol. The van der Waals surface area contributed by atoms with Gasteiger partial charge in [-0.1, -0.05) is 42.0 Å². The van der Waals surface area contributed by atoms with Crippen molar-refractivity contribution in [2.75, 3.05) is 0 Å². The Morgan fingerprint density at radius 1 is 1.26 bits per heavy atom. The summed E-state index contributed by atoms with van der Waals surface area (Å²) in [4.78, 5) is 4.00. The Hall–Kier alpha value is -2.13. The number of nitrogens with zero attached hydrogens (tertiary/aromatic N) is 2. The van der Waals surface area contributed by atoms with Gasteiger partial charge in [-0.2, -0.15) is 0 Å². The predicted octanol–water partition coefficient (Wildman–Crippen LogP) is 3.08. The minimum absolute atomic E-state index is 0.521. The molecule has 2 aromatic carbocycles. The Morgan fingerprint density at radius 3 is 2.95 bits per heavy atom. The Labute approximate surface area is 112 Å². The minimum atomic E-state index is -0.528. The van der Waals surface area contributed by atoms with Crippen LogP contribution in [0.25, 0.3) is 10.8 Å². The minimum Gasteiger partial charge on any atom is -0.387 e. The fraction of sp³-hybridized carbons (Fsp3) is 0.188. The Morgan fingerprint density at radius 2 is 2.16 bits per heavy atom. The molecule has 0 radical (unpaired) electrons. The summed E-state index contributed by atoms with van der Waals surface area (Å²) in [6.45, 7) is 2.59. The molecule has 0 bridgehead atoms. The zero-order chi connectivity index (χ0) is 13.2. The van der Waals surface area contributed by atoms with Crippen molar-refractivity contribution >= 4 is 10.8 Å². The molecule has 0 fully saturated rings. The quantitative estimate of drug-likeness (QED) is 0.778. The van der Waals surface area contributed by atoms with Gasteiger partial charge in [-0.3, -0.25) is 0 Å². The molecular weight excluding hydrogens is 236 g/mol. The highest BCUT2D eigenvalue weighted by Gasteiger charge is 2.11. The number of hydrogen-bond acceptors (Lipinski definition) is 2. The van der Waals surface area contributed by atoms with Crippen LogP contribution in [0.5, 0.6) is 0 Å². The van der Waals surface area contributed by atoms with Gasteiger partial charge in [0.15, 0.2) is 0 Å². The maximum absolute atomic E-state index is 10.4. The van der Waals surface area contributed by atoms with Crippen LogP contribution < -0.4 is 0 Å². The lowest BCUT2D eigenvalue weighted by Gasteiger charge is -2.14. The van der Waals surface area contributed by atoms with E-state index in [1.54, 1.807) is 12.5 Å². The van der Waals surface area contributed by atoms with Crippen molar-refractivity contribution in [3.05, 3.63) is 66.2 Å². The lowest BCUT2D eigenvalue weighted by Crippen LogP contribution is -2.07. The molecule has 0 aliphatic carbocycles. The highest BCUT2D eigenvalue weighted by atomic mass is 16.3. The largest absolute Gasteiger partial charge is 0.387 e. The number of aryl methyl sites for hydroxylation is 1. The van der Waals surface area contributed by atoms with Gasteiger partial charge in [0.05, 0.1) is 19.0 Å². The zero-order valence-electron chi connectivity index (χ0n) is 10.8. The van der Waals surface area contributed by atoms with E-state index in [4.69, 9.17) is 0 Å². The third kappa shape index (κ3) is 2.37. The second kappa shape index (κ2) is 4.86. The molecule has 3 rings (SSSR count). The molecule has 1 unspecified atom stereocenters. The molecule has 1 heterocycles. The fourth-order valence-corrected chi connectivity index (χ4v) is 2.39. The molecule has 0 aliphatic rings. The van der Waals surface area contributed by atoms with Crippen molar-refractivity contribution in [3.8, 4) is 0 Å². The summed E-state index contributed by atoms with van der Waals surface area (Å²) in [7, 11) is 0. The van der Waals surface area contributed by atoms with E-state index in [2.05, 4.69) is 36.2 Å². The van der Waals surface area contributed by atoms with E-state index in [0.717, 1.165) is 16.3 Å². The molecule has 96 valence electrons. The highest BCUT2D eigenvalue weighted by molar-refractivity contribution is 5.86. The third-order valence-electron chi connectivity index (χ3n) is 3.37. The molecule has 0 spiro atoms. The van der Waals surface area contributed by atoms with Crippen LogP contribution >= 0.6 is 0 Å². The van der Waals surface area contributed by atoms with Crippen molar-refractivity contribution < 1.29 is 5.11 Å². The molecular formula is C16H16N2O. The number of aliphatic hydroxyl groups is 1. The highest BCUT2D eigenvalue weighted by Crippen LogP contribution is 2.26. The number of hydrogen-bond donors (Lipinski definition) is 1. The molecule has 3 heteroatoms. The standard InChI is InChI=1S/C16H16N2O/c1-12-5-6-13-3-2-4-14(15(13)9-12)16(19)10-18-8-7-17-11-18/h2-9,11,16,19H,10H2,1H3. The van der Waals surface area contributed by atoms with Crippen molar-refractivity contribution in [2.24, 2.45) is 0 Å². The normalized spacial score (nSPS) is 12.7. The smallest absolute Gasteiger partial charge is 0.0975 e. The molecule has 0 saturated carbocycles. The summed E-state index contributed by atoms with van der Waals surface area (Å²) < 4.78 is 1.89. The average molecular weight is 252 g/mol. The summed E-state index contributed by atoms with van der Waals surface area (Å²) in [6.07, 6.45) is 4.78. The van der Waals surface area contributed by atoms with Gasteiger partial charge >= 0.3 is 0 Å². The molecule has 0 aliphatic heterocycles. The van der Waals surface area contributed by atoms with Crippen LogP contribution in [0.1, 0.15) is 17.2 Å². The van der Waals surface area contributed by atoms with E-state index in [-0.39, 0.29) is 0 Å². The number of aromatic nitrogens is 2. The van der Waals surface area contributed by atoms with Gasteiger partial charge in [-0.15, -0.1) is 0 Å². The summed E-state index contributed by atoms with van der Waals surface area (Å²) in [6, 6.07) is 12.4. The maximum atomic E-state index is 10.4. The molecule has 1 N–H and O–H groups in total. The first-order valence-electron chi connectivity index (χ1n) is 6.37. The van der Waals surface area contributed by atoms with Gasteiger partial charge in [-0.05, 0) is 23.3 Å². The van der Waals surface area contributed by atoms with E-state index in [0.29, 0.717) is 6.54 Å². The summed E-state index contributed by atoms with van der Waals surface area (Å²) in [5.41, 5.74) is 2.17. The number of rotatable bonds is 3. The summed E-state index contributed by atoms with van der Waals surface area (Å²) >= 11 is 0. The topological polar surface area (TPSA) is 38.0 Å². The number of imidazole rings is 1. The van der Waals surface area contributed by atoms with E-state index < -0.39 is 6.10 Å². The molecule has 0 saturated heterocycles. The van der Waals surface area contributed by atoms with Gasteiger partial charge in [0.1, 0.15) is 0 Å². The van der Waals surface area contributed by atoms with Crippen molar-refractivity contribution in [3.63, 3.8) is 0 Å². The first-order chi connectivity index (χ1) is 9.24. The SMILES string of the molecule is Cc1ccc2cccc(C(O)Cn3ccnc3)c2c1. The second-order valence-corrected chi connectivity index (χ2v) is 4.85. The first kappa shape index (κ1) is 11.9. The summed E-state index contributed by atoms with van der Waals surface area (Å²) in [5, 5.41) is 12.7. The molecule has 19 heavy (non-hydrogen) atoms. The Bertz CT molecular complexity index is 689.